The maximum atomic E-state index is 10.1. The van der Waals surface area contributed by atoms with Crippen molar-refractivity contribution in [2.24, 2.45) is 5.92 Å². The standard InChI is InChI=1S/C15H22O2/c1-17-15-8-4-7-13(11-15)10-14(16)9-12-5-2-3-6-12/h4,7-8,11-12,14,16H,2-3,5-6,9-10H2,1H3. The van der Waals surface area contributed by atoms with Crippen LogP contribution in [-0.2, 0) is 6.42 Å². The van der Waals surface area contributed by atoms with Gasteiger partial charge in [-0.1, -0.05) is 37.8 Å². The highest BCUT2D eigenvalue weighted by Gasteiger charge is 2.18. The topological polar surface area (TPSA) is 29.5 Å². The van der Waals surface area contributed by atoms with E-state index in [0.717, 1.165) is 30.1 Å². The summed E-state index contributed by atoms with van der Waals surface area (Å²) in [5.41, 5.74) is 1.16. The first-order valence-electron chi connectivity index (χ1n) is 6.59. The van der Waals surface area contributed by atoms with Crippen LogP contribution in [0.4, 0.5) is 0 Å². The molecular formula is C15H22O2. The molecule has 17 heavy (non-hydrogen) atoms. The fraction of sp³-hybridized carbons (Fsp3) is 0.600. The van der Waals surface area contributed by atoms with Crippen molar-refractivity contribution in [3.8, 4) is 5.75 Å². The fourth-order valence-electron chi connectivity index (χ4n) is 2.79. The molecule has 0 radical (unpaired) electrons. The summed E-state index contributed by atoms with van der Waals surface area (Å²) >= 11 is 0. The Labute approximate surface area is 104 Å². The molecule has 1 saturated carbocycles. The second-order valence-electron chi connectivity index (χ2n) is 5.10. The smallest absolute Gasteiger partial charge is 0.119 e. The van der Waals surface area contributed by atoms with Crippen molar-refractivity contribution in [3.05, 3.63) is 29.8 Å². The number of rotatable bonds is 5. The summed E-state index contributed by atoms with van der Waals surface area (Å²) in [5.74, 6) is 1.62. The maximum absolute atomic E-state index is 10.1. The average molecular weight is 234 g/mol. The lowest BCUT2D eigenvalue weighted by molar-refractivity contribution is 0.143. The summed E-state index contributed by atoms with van der Waals surface area (Å²) in [6, 6.07) is 7.99. The Bertz CT molecular complexity index is 343. The second kappa shape index (κ2) is 6.06. The Morgan fingerprint density at radius 2 is 2.12 bits per heavy atom. The van der Waals surface area contributed by atoms with E-state index in [1.54, 1.807) is 7.11 Å². The third kappa shape index (κ3) is 3.74. The monoisotopic (exact) mass is 234 g/mol. The Hall–Kier alpha value is -1.02. The fourth-order valence-corrected chi connectivity index (χ4v) is 2.79. The molecule has 0 aliphatic heterocycles. The average Bonchev–Trinajstić information content (AvgIpc) is 2.82. The van der Waals surface area contributed by atoms with E-state index < -0.39 is 0 Å². The highest BCUT2D eigenvalue weighted by atomic mass is 16.5. The first kappa shape index (κ1) is 12.4. The lowest BCUT2D eigenvalue weighted by Gasteiger charge is -2.15. The van der Waals surface area contributed by atoms with Gasteiger partial charge in [-0.2, -0.15) is 0 Å². The molecule has 2 heteroatoms. The van der Waals surface area contributed by atoms with E-state index in [4.69, 9.17) is 4.74 Å². The van der Waals surface area contributed by atoms with Crippen LogP contribution in [0.3, 0.4) is 0 Å². The first-order valence-corrected chi connectivity index (χ1v) is 6.59. The zero-order chi connectivity index (χ0) is 12.1. The summed E-state index contributed by atoms with van der Waals surface area (Å²) in [4.78, 5) is 0. The summed E-state index contributed by atoms with van der Waals surface area (Å²) in [6.45, 7) is 0. The molecule has 1 aromatic carbocycles. The third-order valence-electron chi connectivity index (χ3n) is 3.69. The van der Waals surface area contributed by atoms with Crippen molar-refractivity contribution in [1.82, 2.24) is 0 Å². The van der Waals surface area contributed by atoms with Gasteiger partial charge in [0, 0.05) is 0 Å². The van der Waals surface area contributed by atoms with Gasteiger partial charge < -0.3 is 9.84 Å². The molecule has 0 amide bonds. The quantitative estimate of drug-likeness (QED) is 0.848. The number of aliphatic hydroxyl groups is 1. The van der Waals surface area contributed by atoms with Gasteiger partial charge >= 0.3 is 0 Å². The maximum Gasteiger partial charge on any atom is 0.119 e. The van der Waals surface area contributed by atoms with Crippen LogP contribution < -0.4 is 4.74 Å². The molecule has 94 valence electrons. The van der Waals surface area contributed by atoms with Gasteiger partial charge in [-0.3, -0.25) is 0 Å². The van der Waals surface area contributed by atoms with Gasteiger partial charge in [0.2, 0.25) is 0 Å². The molecule has 1 unspecified atom stereocenters. The van der Waals surface area contributed by atoms with Gasteiger partial charge in [-0.05, 0) is 36.5 Å². The molecule has 2 rings (SSSR count). The van der Waals surface area contributed by atoms with Gasteiger partial charge in [0.15, 0.2) is 0 Å². The van der Waals surface area contributed by atoms with E-state index in [2.05, 4.69) is 6.07 Å². The molecular weight excluding hydrogens is 212 g/mol. The number of hydrogen-bond donors (Lipinski definition) is 1. The highest BCUT2D eigenvalue weighted by Crippen LogP contribution is 2.29. The molecule has 0 saturated heterocycles. The predicted molar refractivity (Wildman–Crippen MR) is 69.3 cm³/mol. The molecule has 2 nitrogen and oxygen atoms in total. The molecule has 1 aliphatic carbocycles. The first-order chi connectivity index (χ1) is 8.28. The van der Waals surface area contributed by atoms with E-state index in [0.29, 0.717) is 0 Å². The van der Waals surface area contributed by atoms with Crippen LogP contribution in [0.2, 0.25) is 0 Å². The second-order valence-corrected chi connectivity index (χ2v) is 5.10. The molecule has 1 fully saturated rings. The molecule has 1 aromatic rings. The molecule has 1 aliphatic rings. The Morgan fingerprint density at radius 3 is 2.82 bits per heavy atom. The molecule has 0 heterocycles. The zero-order valence-electron chi connectivity index (χ0n) is 10.6. The van der Waals surface area contributed by atoms with Crippen LogP contribution >= 0.6 is 0 Å². The van der Waals surface area contributed by atoms with Crippen molar-refractivity contribution >= 4 is 0 Å². The van der Waals surface area contributed by atoms with Crippen LogP contribution in [0.5, 0.6) is 5.75 Å². The van der Waals surface area contributed by atoms with Gasteiger partial charge in [-0.15, -0.1) is 0 Å². The number of methoxy groups -OCH3 is 1. The number of benzene rings is 1. The van der Waals surface area contributed by atoms with Gasteiger partial charge in [0.05, 0.1) is 13.2 Å². The minimum absolute atomic E-state index is 0.204. The van der Waals surface area contributed by atoms with E-state index in [1.165, 1.54) is 25.7 Å². The molecule has 1 atom stereocenters. The van der Waals surface area contributed by atoms with E-state index in [1.807, 2.05) is 18.2 Å². The molecule has 0 spiro atoms. The van der Waals surface area contributed by atoms with E-state index in [9.17, 15) is 5.11 Å². The summed E-state index contributed by atoms with van der Waals surface area (Å²) in [5, 5.41) is 10.1. The van der Waals surface area contributed by atoms with Crippen LogP contribution in [0.1, 0.15) is 37.7 Å². The number of hydrogen-bond acceptors (Lipinski definition) is 2. The zero-order valence-corrected chi connectivity index (χ0v) is 10.6. The largest absolute Gasteiger partial charge is 0.497 e. The highest BCUT2D eigenvalue weighted by molar-refractivity contribution is 5.28. The van der Waals surface area contributed by atoms with Gasteiger partial charge in [0.1, 0.15) is 5.75 Å². The van der Waals surface area contributed by atoms with E-state index in [-0.39, 0.29) is 6.10 Å². The SMILES string of the molecule is COc1cccc(CC(O)CC2CCCC2)c1. The van der Waals surface area contributed by atoms with E-state index >= 15 is 0 Å². The van der Waals surface area contributed by atoms with Crippen molar-refractivity contribution in [2.75, 3.05) is 7.11 Å². The van der Waals surface area contributed by atoms with Crippen molar-refractivity contribution < 1.29 is 9.84 Å². The van der Waals surface area contributed by atoms with Gasteiger partial charge in [0.25, 0.3) is 0 Å². The Kier molecular flexibility index (Phi) is 4.43. The van der Waals surface area contributed by atoms with Crippen LogP contribution in [0.25, 0.3) is 0 Å². The Balaban J connectivity index is 1.85. The summed E-state index contributed by atoms with van der Waals surface area (Å²) in [7, 11) is 1.67. The number of aliphatic hydroxyl groups excluding tert-OH is 1. The predicted octanol–water partition coefficient (Wildman–Crippen LogP) is 3.18. The Morgan fingerprint density at radius 1 is 1.35 bits per heavy atom. The van der Waals surface area contributed by atoms with Crippen molar-refractivity contribution in [2.45, 2.75) is 44.6 Å². The summed E-state index contributed by atoms with van der Waals surface area (Å²) < 4.78 is 5.19. The number of ether oxygens (including phenoxy) is 1. The normalized spacial score (nSPS) is 18.2. The minimum atomic E-state index is -0.204. The van der Waals surface area contributed by atoms with Crippen molar-refractivity contribution in [3.63, 3.8) is 0 Å². The van der Waals surface area contributed by atoms with Crippen LogP contribution in [0.15, 0.2) is 24.3 Å². The van der Waals surface area contributed by atoms with Crippen molar-refractivity contribution in [1.29, 1.82) is 0 Å². The van der Waals surface area contributed by atoms with Crippen LogP contribution in [-0.4, -0.2) is 18.3 Å². The molecule has 1 N–H and O–H groups in total. The molecule has 0 aromatic heterocycles. The van der Waals surface area contributed by atoms with Gasteiger partial charge in [-0.25, -0.2) is 0 Å². The minimum Gasteiger partial charge on any atom is -0.497 e. The summed E-state index contributed by atoms with van der Waals surface area (Å²) in [6.07, 6.45) is 6.78. The lowest BCUT2D eigenvalue weighted by Crippen LogP contribution is -2.14. The third-order valence-corrected chi connectivity index (χ3v) is 3.69. The van der Waals surface area contributed by atoms with Crippen LogP contribution in [0, 0.1) is 5.92 Å². The lowest BCUT2D eigenvalue weighted by atomic mass is 9.96. The molecule has 0 bridgehead atoms.